The fourth-order valence-electron chi connectivity index (χ4n) is 12.7. The summed E-state index contributed by atoms with van der Waals surface area (Å²) in [4.78, 5) is 2.48. The zero-order chi connectivity index (χ0) is 44.2. The standard InChI is InChI=1S/C64H41NO2/c1-63(2)49-25-10-6-19-41(49)44-34-33-39(35-54(44)63)65(55-30-16-29-53-61(55)46-22-9-13-28-52(46)64(53)50-26-11-7-20-42(50)43-21-8-12-27-51(43)64)56-31-14-24-45-47-36-59-48(37-58(47)67-62(45)56)60-40(23-15-32-57(60)66-59)38-17-4-3-5-18-38/h3-37H,1-2H3. The molecule has 2 aromatic heterocycles. The van der Waals surface area contributed by atoms with E-state index in [4.69, 9.17) is 8.83 Å². The first-order chi connectivity index (χ1) is 33.0. The van der Waals surface area contributed by atoms with Gasteiger partial charge in [-0.2, -0.15) is 0 Å². The van der Waals surface area contributed by atoms with E-state index in [2.05, 4.69) is 231 Å². The van der Waals surface area contributed by atoms with Crippen molar-refractivity contribution in [2.75, 3.05) is 4.90 Å². The van der Waals surface area contributed by atoms with E-state index in [1.54, 1.807) is 0 Å². The summed E-state index contributed by atoms with van der Waals surface area (Å²) in [5, 5.41) is 4.20. The van der Waals surface area contributed by atoms with Gasteiger partial charge in [0.2, 0.25) is 0 Å². The molecule has 0 radical (unpaired) electrons. The summed E-state index contributed by atoms with van der Waals surface area (Å²) in [7, 11) is 0. The van der Waals surface area contributed by atoms with E-state index in [1.807, 2.05) is 0 Å². The molecule has 0 saturated carbocycles. The van der Waals surface area contributed by atoms with Crippen LogP contribution in [-0.2, 0) is 10.8 Å². The van der Waals surface area contributed by atoms with Gasteiger partial charge in [0.05, 0.1) is 16.8 Å². The summed E-state index contributed by atoms with van der Waals surface area (Å²) in [5.41, 5.74) is 23.8. The normalized spacial score (nSPS) is 14.4. The van der Waals surface area contributed by atoms with Crippen LogP contribution in [0, 0.1) is 0 Å². The number of fused-ring (bicyclic) bond motifs is 19. The highest BCUT2D eigenvalue weighted by molar-refractivity contribution is 6.19. The van der Waals surface area contributed by atoms with Crippen molar-refractivity contribution in [2.45, 2.75) is 24.7 Å². The Morgan fingerprint density at radius 2 is 0.910 bits per heavy atom. The molecule has 0 N–H and O–H groups in total. The van der Waals surface area contributed by atoms with Crippen LogP contribution in [0.3, 0.4) is 0 Å². The van der Waals surface area contributed by atoms with E-state index >= 15 is 0 Å². The van der Waals surface area contributed by atoms with Gasteiger partial charge >= 0.3 is 0 Å². The molecule has 3 aliphatic rings. The van der Waals surface area contributed by atoms with Crippen molar-refractivity contribution < 1.29 is 8.83 Å². The molecule has 3 nitrogen and oxygen atoms in total. The van der Waals surface area contributed by atoms with Crippen LogP contribution in [0.5, 0.6) is 0 Å². The van der Waals surface area contributed by atoms with Crippen molar-refractivity contribution in [2.24, 2.45) is 0 Å². The minimum Gasteiger partial charge on any atom is -0.456 e. The molecule has 3 aliphatic carbocycles. The molecule has 2 heterocycles. The van der Waals surface area contributed by atoms with Gasteiger partial charge in [-0.25, -0.2) is 0 Å². The molecule has 0 atom stereocenters. The number of anilines is 3. The van der Waals surface area contributed by atoms with Gasteiger partial charge in [-0.15, -0.1) is 0 Å². The highest BCUT2D eigenvalue weighted by Crippen LogP contribution is 2.65. The van der Waals surface area contributed by atoms with Crippen LogP contribution in [0.2, 0.25) is 0 Å². The third-order valence-electron chi connectivity index (χ3n) is 15.5. The van der Waals surface area contributed by atoms with E-state index in [1.165, 1.54) is 66.8 Å². The minimum atomic E-state index is -0.483. The third kappa shape index (κ3) is 4.70. The second kappa shape index (κ2) is 13.1. The van der Waals surface area contributed by atoms with Gasteiger partial charge in [-0.1, -0.05) is 184 Å². The first-order valence-corrected chi connectivity index (χ1v) is 23.3. The van der Waals surface area contributed by atoms with E-state index in [-0.39, 0.29) is 5.41 Å². The lowest BCUT2D eigenvalue weighted by Gasteiger charge is -2.32. The molecule has 10 aromatic carbocycles. The number of benzene rings is 10. The highest BCUT2D eigenvalue weighted by Gasteiger charge is 2.52. The van der Waals surface area contributed by atoms with Crippen molar-refractivity contribution in [3.8, 4) is 44.5 Å². The van der Waals surface area contributed by atoms with Crippen LogP contribution >= 0.6 is 0 Å². The third-order valence-corrected chi connectivity index (χ3v) is 15.5. The largest absolute Gasteiger partial charge is 0.456 e. The second-order valence-electron chi connectivity index (χ2n) is 19.1. The Hall–Kier alpha value is -8.40. The maximum Gasteiger partial charge on any atom is 0.159 e. The lowest BCUT2D eigenvalue weighted by molar-refractivity contribution is 0.660. The van der Waals surface area contributed by atoms with Crippen molar-refractivity contribution in [3.05, 3.63) is 246 Å². The van der Waals surface area contributed by atoms with Crippen LogP contribution in [-0.4, -0.2) is 0 Å². The van der Waals surface area contributed by atoms with E-state index in [0.29, 0.717) is 0 Å². The van der Waals surface area contributed by atoms with Gasteiger partial charge in [0.25, 0.3) is 0 Å². The van der Waals surface area contributed by atoms with Crippen molar-refractivity contribution in [1.29, 1.82) is 0 Å². The quantitative estimate of drug-likeness (QED) is 0.177. The Kier molecular flexibility index (Phi) is 7.22. The lowest BCUT2D eigenvalue weighted by atomic mass is 9.70. The molecule has 0 bridgehead atoms. The van der Waals surface area contributed by atoms with Gasteiger partial charge in [0.1, 0.15) is 16.7 Å². The average molecular weight is 856 g/mol. The molecular formula is C64H41NO2. The van der Waals surface area contributed by atoms with Gasteiger partial charge in [0, 0.05) is 38.2 Å². The maximum absolute atomic E-state index is 7.26. The second-order valence-corrected chi connectivity index (χ2v) is 19.1. The smallest absolute Gasteiger partial charge is 0.159 e. The Labute approximate surface area is 387 Å². The summed E-state index contributed by atoms with van der Waals surface area (Å²) < 4.78 is 13.9. The first-order valence-electron chi connectivity index (χ1n) is 23.3. The van der Waals surface area contributed by atoms with Gasteiger partial charge < -0.3 is 13.7 Å². The molecule has 0 amide bonds. The predicted octanol–water partition coefficient (Wildman–Crippen LogP) is 17.3. The summed E-state index contributed by atoms with van der Waals surface area (Å²) in [6.07, 6.45) is 0. The SMILES string of the molecule is CC1(C)c2ccccc2-c2ccc(N(c3cccc4c3-c3ccccc3C43c4ccccc4-c4ccccc43)c3cccc4c3oc3cc5c(cc34)oc3cccc(-c4ccccc4)c35)cc21. The number of nitrogens with zero attached hydrogens (tertiary/aromatic N) is 1. The molecular weight excluding hydrogens is 815 g/mol. The first kappa shape index (κ1) is 36.9. The van der Waals surface area contributed by atoms with Gasteiger partial charge in [-0.05, 0) is 115 Å². The molecule has 15 rings (SSSR count). The number of hydrogen-bond acceptors (Lipinski definition) is 3. The Bertz CT molecular complexity index is 4040. The fourth-order valence-corrected chi connectivity index (χ4v) is 12.7. The van der Waals surface area contributed by atoms with E-state index in [0.717, 1.165) is 72.1 Å². The van der Waals surface area contributed by atoms with Crippen LogP contribution in [0.1, 0.15) is 47.2 Å². The number of furan rings is 2. The van der Waals surface area contributed by atoms with Gasteiger partial charge in [-0.3, -0.25) is 0 Å². The number of para-hydroxylation sites is 1. The molecule has 67 heavy (non-hydrogen) atoms. The van der Waals surface area contributed by atoms with Crippen molar-refractivity contribution >= 4 is 60.9 Å². The zero-order valence-electron chi connectivity index (χ0n) is 37.0. The summed E-state index contributed by atoms with van der Waals surface area (Å²) in [6.45, 7) is 4.73. The fraction of sp³-hybridized carbons (Fsp3) is 0.0625. The average Bonchev–Trinajstić information content (AvgIpc) is 4.15. The van der Waals surface area contributed by atoms with E-state index < -0.39 is 5.41 Å². The molecule has 314 valence electrons. The van der Waals surface area contributed by atoms with Crippen LogP contribution in [0.15, 0.2) is 221 Å². The van der Waals surface area contributed by atoms with Crippen LogP contribution < -0.4 is 4.90 Å². The number of rotatable bonds is 4. The Morgan fingerprint density at radius 3 is 1.67 bits per heavy atom. The Balaban J connectivity index is 1.02. The zero-order valence-corrected chi connectivity index (χ0v) is 37.0. The maximum atomic E-state index is 7.26. The van der Waals surface area contributed by atoms with E-state index in [9.17, 15) is 0 Å². The Morgan fingerprint density at radius 1 is 0.358 bits per heavy atom. The summed E-state index contributed by atoms with van der Waals surface area (Å²) in [6, 6.07) is 78.1. The van der Waals surface area contributed by atoms with Crippen LogP contribution in [0.25, 0.3) is 88.4 Å². The molecule has 0 fully saturated rings. The topological polar surface area (TPSA) is 29.5 Å². The summed E-state index contributed by atoms with van der Waals surface area (Å²) >= 11 is 0. The summed E-state index contributed by atoms with van der Waals surface area (Å²) in [5.74, 6) is 0. The lowest BCUT2D eigenvalue weighted by Crippen LogP contribution is -2.26. The molecule has 12 aromatic rings. The van der Waals surface area contributed by atoms with Gasteiger partial charge in [0.15, 0.2) is 5.58 Å². The molecule has 0 aliphatic heterocycles. The monoisotopic (exact) mass is 855 g/mol. The molecule has 1 spiro atoms. The minimum absolute atomic E-state index is 0.193. The van der Waals surface area contributed by atoms with Crippen molar-refractivity contribution in [3.63, 3.8) is 0 Å². The van der Waals surface area contributed by atoms with Crippen molar-refractivity contribution in [1.82, 2.24) is 0 Å². The van der Waals surface area contributed by atoms with Crippen LogP contribution in [0.4, 0.5) is 17.1 Å². The molecule has 0 saturated heterocycles. The molecule has 3 heteroatoms. The molecule has 0 unspecified atom stereocenters. The predicted molar refractivity (Wildman–Crippen MR) is 275 cm³/mol. The highest BCUT2D eigenvalue weighted by atomic mass is 16.3. The number of hydrogen-bond donors (Lipinski definition) is 0.